The first-order chi connectivity index (χ1) is 16.5. The van der Waals surface area contributed by atoms with Crippen molar-refractivity contribution in [2.75, 3.05) is 37.1 Å². The molecule has 180 valence electrons. The van der Waals surface area contributed by atoms with Crippen LogP contribution in [-0.2, 0) is 9.47 Å². The molecule has 1 atom stereocenters. The zero-order valence-corrected chi connectivity index (χ0v) is 19.5. The molecule has 0 spiro atoms. The van der Waals surface area contributed by atoms with Crippen LogP contribution in [0.1, 0.15) is 44.2 Å². The number of aliphatic hydroxyl groups excluding tert-OH is 1. The first kappa shape index (κ1) is 22.5. The number of rotatable bonds is 7. The first-order valence-corrected chi connectivity index (χ1v) is 11.8. The van der Waals surface area contributed by atoms with Crippen molar-refractivity contribution in [1.82, 2.24) is 19.6 Å². The minimum absolute atomic E-state index is 0.0636. The molecular formula is C24H30N6O4. The summed E-state index contributed by atoms with van der Waals surface area (Å²) >= 11 is 0. The number of pyridine rings is 1. The predicted molar refractivity (Wildman–Crippen MR) is 127 cm³/mol. The number of amides is 1. The topological polar surface area (TPSA) is 114 Å². The molecule has 1 saturated heterocycles. The maximum absolute atomic E-state index is 12.0. The van der Waals surface area contributed by atoms with Crippen LogP contribution < -0.4 is 10.2 Å². The molecule has 34 heavy (non-hydrogen) atoms. The number of aromatic nitrogens is 4. The van der Waals surface area contributed by atoms with Crippen LogP contribution in [0.15, 0.2) is 30.6 Å². The van der Waals surface area contributed by atoms with E-state index in [-0.39, 0.29) is 18.2 Å². The highest BCUT2D eigenvalue weighted by atomic mass is 16.6. The third-order valence-electron chi connectivity index (χ3n) is 6.55. The highest BCUT2D eigenvalue weighted by molar-refractivity contribution is 5.90. The van der Waals surface area contributed by atoms with Gasteiger partial charge in [0.15, 0.2) is 0 Å². The van der Waals surface area contributed by atoms with E-state index >= 15 is 0 Å². The molecule has 3 aromatic rings. The Morgan fingerprint density at radius 2 is 2.09 bits per heavy atom. The van der Waals surface area contributed by atoms with Gasteiger partial charge in [0.1, 0.15) is 12.4 Å². The number of anilines is 2. The van der Waals surface area contributed by atoms with Crippen LogP contribution in [0.25, 0.3) is 16.6 Å². The molecule has 1 amide bonds. The average molecular weight is 467 g/mol. The Balaban J connectivity index is 1.56. The summed E-state index contributed by atoms with van der Waals surface area (Å²) in [6.45, 7) is 3.41. The lowest BCUT2D eigenvalue weighted by Crippen LogP contribution is -2.24. The molecule has 5 rings (SSSR count). The van der Waals surface area contributed by atoms with Gasteiger partial charge in [-0.2, -0.15) is 0 Å². The lowest BCUT2D eigenvalue weighted by atomic mass is 9.85. The van der Waals surface area contributed by atoms with E-state index in [0.717, 1.165) is 48.0 Å². The molecule has 0 bridgehead atoms. The molecule has 0 radical (unpaired) electrons. The molecule has 10 nitrogen and oxygen atoms in total. The Morgan fingerprint density at radius 3 is 2.82 bits per heavy atom. The van der Waals surface area contributed by atoms with Crippen LogP contribution in [0, 0.1) is 0 Å². The molecule has 10 heteroatoms. The monoisotopic (exact) mass is 466 g/mol. The summed E-state index contributed by atoms with van der Waals surface area (Å²) in [6, 6.07) is 6.06. The normalized spacial score (nSPS) is 21.6. The van der Waals surface area contributed by atoms with Gasteiger partial charge in [0.25, 0.3) is 0 Å². The summed E-state index contributed by atoms with van der Waals surface area (Å²) < 4.78 is 12.3. The van der Waals surface area contributed by atoms with Crippen LogP contribution in [0.2, 0.25) is 0 Å². The summed E-state index contributed by atoms with van der Waals surface area (Å²) in [5, 5.41) is 18.1. The molecule has 2 aliphatic rings. The second-order valence-electron chi connectivity index (χ2n) is 9.04. The van der Waals surface area contributed by atoms with Crippen molar-refractivity contribution < 1.29 is 19.4 Å². The van der Waals surface area contributed by atoms with E-state index < -0.39 is 0 Å². The standard InChI is InChI=1S/C24H30N6O4/c1-15(14-33-2)27-23-26-13-21-19(12-20(30(21)28-23)16-3-5-18(31)6-4-16)17-7-8-25-22(11-17)29-9-10-34-24(29)32/h7-8,11-13,15-16,18,31H,3-6,9-10,14H2,1-2H3,(H,27,28)/t15-,16-,18-/m0/s1. The number of cyclic esters (lactones) is 1. The highest BCUT2D eigenvalue weighted by Gasteiger charge is 2.27. The Labute approximate surface area is 197 Å². The molecule has 1 saturated carbocycles. The van der Waals surface area contributed by atoms with Gasteiger partial charge in [-0.1, -0.05) is 0 Å². The molecule has 0 unspecified atom stereocenters. The van der Waals surface area contributed by atoms with Gasteiger partial charge in [-0.05, 0) is 56.4 Å². The summed E-state index contributed by atoms with van der Waals surface area (Å²) in [7, 11) is 1.67. The summed E-state index contributed by atoms with van der Waals surface area (Å²) in [4.78, 5) is 22.5. The smallest absolute Gasteiger partial charge is 0.415 e. The van der Waals surface area contributed by atoms with Gasteiger partial charge >= 0.3 is 6.09 Å². The van der Waals surface area contributed by atoms with Crippen LogP contribution in [-0.4, -0.2) is 69.8 Å². The fourth-order valence-electron chi connectivity index (χ4n) is 4.82. The summed E-state index contributed by atoms with van der Waals surface area (Å²) in [5.74, 6) is 1.39. The number of ether oxygens (including phenoxy) is 2. The fraction of sp³-hybridized carbons (Fsp3) is 0.500. The number of hydrogen-bond acceptors (Lipinski definition) is 8. The largest absolute Gasteiger partial charge is 0.447 e. The van der Waals surface area contributed by atoms with E-state index in [1.165, 1.54) is 0 Å². The van der Waals surface area contributed by atoms with Crippen molar-refractivity contribution in [3.8, 4) is 11.1 Å². The van der Waals surface area contributed by atoms with Crippen molar-refractivity contribution in [2.45, 2.75) is 50.7 Å². The molecule has 0 aromatic carbocycles. The maximum Gasteiger partial charge on any atom is 0.415 e. The Hall–Kier alpha value is -3.24. The second kappa shape index (κ2) is 9.55. The maximum atomic E-state index is 12.0. The van der Waals surface area contributed by atoms with Gasteiger partial charge < -0.3 is 19.9 Å². The van der Waals surface area contributed by atoms with Gasteiger partial charge in [-0.3, -0.25) is 4.90 Å². The Bertz CT molecular complexity index is 1170. The van der Waals surface area contributed by atoms with E-state index in [4.69, 9.17) is 14.6 Å². The predicted octanol–water partition coefficient (Wildman–Crippen LogP) is 3.21. The van der Waals surface area contributed by atoms with Gasteiger partial charge in [0.2, 0.25) is 5.95 Å². The number of carbonyl (C=O) groups is 1. The van der Waals surface area contributed by atoms with Crippen LogP contribution in [0.3, 0.4) is 0 Å². The number of nitrogens with one attached hydrogen (secondary N) is 1. The third kappa shape index (κ3) is 4.43. The average Bonchev–Trinajstić information content (AvgIpc) is 3.43. The van der Waals surface area contributed by atoms with Crippen molar-refractivity contribution in [3.63, 3.8) is 0 Å². The van der Waals surface area contributed by atoms with Gasteiger partial charge in [0.05, 0.1) is 31.0 Å². The zero-order valence-electron chi connectivity index (χ0n) is 19.5. The molecule has 2 N–H and O–H groups in total. The first-order valence-electron chi connectivity index (χ1n) is 11.8. The van der Waals surface area contributed by atoms with E-state index in [2.05, 4.69) is 21.4 Å². The quantitative estimate of drug-likeness (QED) is 0.546. The van der Waals surface area contributed by atoms with Crippen molar-refractivity contribution in [3.05, 3.63) is 36.3 Å². The van der Waals surface area contributed by atoms with Gasteiger partial charge in [-0.25, -0.2) is 19.3 Å². The van der Waals surface area contributed by atoms with Crippen molar-refractivity contribution in [1.29, 1.82) is 0 Å². The minimum Gasteiger partial charge on any atom is -0.447 e. The number of fused-ring (bicyclic) bond motifs is 1. The summed E-state index contributed by atoms with van der Waals surface area (Å²) in [6.07, 6.45) is 6.30. The van der Waals surface area contributed by atoms with Crippen LogP contribution >= 0.6 is 0 Å². The minimum atomic E-state index is -0.378. The van der Waals surface area contributed by atoms with Gasteiger partial charge in [0, 0.05) is 36.5 Å². The van der Waals surface area contributed by atoms with E-state index in [0.29, 0.717) is 37.4 Å². The molecular weight excluding hydrogens is 436 g/mol. The van der Waals surface area contributed by atoms with Crippen molar-refractivity contribution >= 4 is 23.4 Å². The molecule has 4 heterocycles. The number of methoxy groups -OCH3 is 1. The molecule has 1 aliphatic heterocycles. The van der Waals surface area contributed by atoms with Crippen molar-refractivity contribution in [2.24, 2.45) is 0 Å². The fourth-order valence-corrected chi connectivity index (χ4v) is 4.82. The van der Waals surface area contributed by atoms with Crippen LogP contribution in [0.4, 0.5) is 16.6 Å². The molecule has 3 aromatic heterocycles. The lowest BCUT2D eigenvalue weighted by molar-refractivity contribution is 0.121. The SMILES string of the molecule is COC[C@H](C)Nc1ncc2c(-c3ccnc(N4CCOC4=O)c3)cc([C@H]3CC[C@H](O)CC3)n2n1. The lowest BCUT2D eigenvalue weighted by Gasteiger charge is -2.25. The summed E-state index contributed by atoms with van der Waals surface area (Å²) in [5.41, 5.74) is 3.89. The zero-order chi connectivity index (χ0) is 23.7. The van der Waals surface area contributed by atoms with E-state index in [9.17, 15) is 9.90 Å². The number of hydrogen-bond donors (Lipinski definition) is 2. The van der Waals surface area contributed by atoms with E-state index in [1.807, 2.05) is 29.8 Å². The number of carbonyl (C=O) groups excluding carboxylic acids is 1. The number of nitrogens with zero attached hydrogens (tertiary/aromatic N) is 5. The van der Waals surface area contributed by atoms with E-state index in [1.54, 1.807) is 18.2 Å². The molecule has 2 fully saturated rings. The third-order valence-corrected chi connectivity index (χ3v) is 6.55. The van der Waals surface area contributed by atoms with Gasteiger partial charge in [-0.15, -0.1) is 5.10 Å². The highest BCUT2D eigenvalue weighted by Crippen LogP contribution is 2.38. The Morgan fingerprint density at radius 1 is 1.26 bits per heavy atom. The molecule has 1 aliphatic carbocycles. The Kier molecular flexibility index (Phi) is 6.34. The second-order valence-corrected chi connectivity index (χ2v) is 9.04. The number of aliphatic hydroxyl groups is 1. The van der Waals surface area contributed by atoms with Crippen LogP contribution in [0.5, 0.6) is 0 Å².